The highest BCUT2D eigenvalue weighted by molar-refractivity contribution is 6.31. The first kappa shape index (κ1) is 13.3. The normalized spacial score (nSPS) is 19.6. The van der Waals surface area contributed by atoms with E-state index in [0.717, 1.165) is 29.1 Å². The van der Waals surface area contributed by atoms with E-state index < -0.39 is 0 Å². The molecule has 1 amide bonds. The summed E-state index contributed by atoms with van der Waals surface area (Å²) in [7, 11) is 0. The zero-order valence-corrected chi connectivity index (χ0v) is 12.4. The number of amides is 1. The van der Waals surface area contributed by atoms with Crippen LogP contribution in [-0.4, -0.2) is 28.4 Å². The lowest BCUT2D eigenvalue weighted by molar-refractivity contribution is -0.115. The molecule has 1 fully saturated rings. The maximum Gasteiger partial charge on any atom is 0.276 e. The summed E-state index contributed by atoms with van der Waals surface area (Å²) in [6.07, 6.45) is 7.61. The van der Waals surface area contributed by atoms with E-state index in [1.54, 1.807) is 18.5 Å². The first-order chi connectivity index (χ1) is 10.7. The van der Waals surface area contributed by atoms with Gasteiger partial charge in [-0.2, -0.15) is 0 Å². The number of hydrogen-bond donors (Lipinski definition) is 3. The molecule has 7 heteroatoms. The van der Waals surface area contributed by atoms with Crippen LogP contribution in [0.25, 0.3) is 17.1 Å². The summed E-state index contributed by atoms with van der Waals surface area (Å²) in [4.78, 5) is 23.6. The molecule has 0 aromatic carbocycles. The molecule has 2 aliphatic rings. The summed E-state index contributed by atoms with van der Waals surface area (Å²) in [5.74, 6) is 1.04. The minimum Gasteiger partial charge on any atom is -0.355 e. The van der Waals surface area contributed by atoms with Gasteiger partial charge in [0.25, 0.3) is 5.91 Å². The molecule has 0 saturated heterocycles. The molecule has 1 saturated carbocycles. The SMILES string of the molecule is O=C1NC(NCC2CC2)=NC1=Cc1c[nH]c2ncc(Cl)cc12. The van der Waals surface area contributed by atoms with Crippen LogP contribution >= 0.6 is 11.6 Å². The Morgan fingerprint density at radius 2 is 2.32 bits per heavy atom. The Kier molecular flexibility index (Phi) is 3.11. The maximum absolute atomic E-state index is 12.0. The van der Waals surface area contributed by atoms with E-state index in [1.165, 1.54) is 12.8 Å². The third-order valence-corrected chi connectivity index (χ3v) is 3.98. The minimum absolute atomic E-state index is 0.206. The second-order valence-corrected chi connectivity index (χ2v) is 6.00. The molecular weight excluding hydrogens is 302 g/mol. The molecule has 3 N–H and O–H groups in total. The fourth-order valence-electron chi connectivity index (χ4n) is 2.38. The van der Waals surface area contributed by atoms with Crippen LogP contribution < -0.4 is 10.6 Å². The maximum atomic E-state index is 12.0. The molecule has 0 spiro atoms. The highest BCUT2D eigenvalue weighted by Crippen LogP contribution is 2.27. The zero-order valence-electron chi connectivity index (χ0n) is 11.7. The lowest BCUT2D eigenvalue weighted by atomic mass is 10.2. The van der Waals surface area contributed by atoms with Crippen LogP contribution in [0, 0.1) is 5.92 Å². The van der Waals surface area contributed by atoms with Crippen LogP contribution in [-0.2, 0) is 4.79 Å². The molecule has 0 bridgehead atoms. The number of nitrogens with one attached hydrogen (secondary N) is 3. The number of halogens is 1. The number of carbonyl (C=O) groups excluding carboxylic acids is 1. The van der Waals surface area contributed by atoms with Gasteiger partial charge in [-0.15, -0.1) is 0 Å². The first-order valence-corrected chi connectivity index (χ1v) is 7.55. The van der Waals surface area contributed by atoms with Gasteiger partial charge in [-0.3, -0.25) is 10.1 Å². The molecule has 112 valence electrons. The summed E-state index contributed by atoms with van der Waals surface area (Å²) in [5.41, 5.74) is 1.94. The minimum atomic E-state index is -0.206. The van der Waals surface area contributed by atoms with Crippen molar-refractivity contribution in [1.29, 1.82) is 0 Å². The number of nitrogens with zero attached hydrogens (tertiary/aromatic N) is 2. The third kappa shape index (κ3) is 2.57. The van der Waals surface area contributed by atoms with E-state index in [0.29, 0.717) is 16.7 Å². The van der Waals surface area contributed by atoms with Crippen molar-refractivity contribution in [3.8, 4) is 0 Å². The van der Waals surface area contributed by atoms with Gasteiger partial charge in [0, 0.05) is 29.9 Å². The lowest BCUT2D eigenvalue weighted by Crippen LogP contribution is -2.37. The van der Waals surface area contributed by atoms with Gasteiger partial charge in [-0.05, 0) is 30.9 Å². The monoisotopic (exact) mass is 315 g/mol. The number of hydrogen-bond acceptors (Lipinski definition) is 4. The summed E-state index contributed by atoms with van der Waals surface area (Å²) < 4.78 is 0. The number of aliphatic imine (C=N–C) groups is 1. The molecule has 1 aliphatic carbocycles. The van der Waals surface area contributed by atoms with E-state index in [4.69, 9.17) is 11.6 Å². The zero-order chi connectivity index (χ0) is 15.1. The average molecular weight is 316 g/mol. The number of aromatic amines is 1. The molecule has 0 radical (unpaired) electrons. The van der Waals surface area contributed by atoms with Crippen LogP contribution in [0.2, 0.25) is 5.02 Å². The molecule has 22 heavy (non-hydrogen) atoms. The van der Waals surface area contributed by atoms with Crippen molar-refractivity contribution in [3.63, 3.8) is 0 Å². The molecule has 1 aliphatic heterocycles. The highest BCUT2D eigenvalue weighted by atomic mass is 35.5. The quantitative estimate of drug-likeness (QED) is 0.758. The number of pyridine rings is 1. The Balaban J connectivity index is 1.62. The van der Waals surface area contributed by atoms with Crippen molar-refractivity contribution in [3.05, 3.63) is 34.7 Å². The van der Waals surface area contributed by atoms with E-state index in [-0.39, 0.29) is 5.91 Å². The van der Waals surface area contributed by atoms with E-state index in [9.17, 15) is 4.79 Å². The number of fused-ring (bicyclic) bond motifs is 1. The van der Waals surface area contributed by atoms with Crippen molar-refractivity contribution in [2.45, 2.75) is 12.8 Å². The van der Waals surface area contributed by atoms with Crippen LogP contribution in [0.4, 0.5) is 0 Å². The van der Waals surface area contributed by atoms with E-state index in [1.807, 2.05) is 6.07 Å². The molecular formula is C15H14ClN5O. The lowest BCUT2D eigenvalue weighted by Gasteiger charge is -2.02. The molecule has 2 aromatic rings. The van der Waals surface area contributed by atoms with Gasteiger partial charge in [0.15, 0.2) is 0 Å². The van der Waals surface area contributed by atoms with Crippen molar-refractivity contribution >= 4 is 40.6 Å². The summed E-state index contributed by atoms with van der Waals surface area (Å²) in [6.45, 7) is 0.860. The van der Waals surface area contributed by atoms with E-state index >= 15 is 0 Å². The second-order valence-electron chi connectivity index (χ2n) is 5.56. The Morgan fingerprint density at radius 3 is 3.14 bits per heavy atom. The van der Waals surface area contributed by atoms with Gasteiger partial charge in [0.1, 0.15) is 11.3 Å². The number of rotatable bonds is 3. The largest absolute Gasteiger partial charge is 0.355 e. The van der Waals surface area contributed by atoms with Crippen LogP contribution in [0.5, 0.6) is 0 Å². The Labute approximate surface area is 131 Å². The van der Waals surface area contributed by atoms with Crippen molar-refractivity contribution in [2.75, 3.05) is 6.54 Å². The number of carbonyl (C=O) groups is 1. The van der Waals surface area contributed by atoms with E-state index in [2.05, 4.69) is 25.6 Å². The van der Waals surface area contributed by atoms with Crippen LogP contribution in [0.15, 0.2) is 29.1 Å². The molecule has 6 nitrogen and oxygen atoms in total. The fourth-order valence-corrected chi connectivity index (χ4v) is 2.54. The number of H-pyrrole nitrogens is 1. The molecule has 3 heterocycles. The van der Waals surface area contributed by atoms with Gasteiger partial charge in [0.2, 0.25) is 5.96 Å². The van der Waals surface area contributed by atoms with Gasteiger partial charge in [-0.25, -0.2) is 9.98 Å². The number of guanidine groups is 1. The molecule has 0 unspecified atom stereocenters. The van der Waals surface area contributed by atoms with Gasteiger partial charge >= 0.3 is 0 Å². The van der Waals surface area contributed by atoms with Gasteiger partial charge < -0.3 is 10.3 Å². The highest BCUT2D eigenvalue weighted by Gasteiger charge is 2.24. The van der Waals surface area contributed by atoms with Crippen molar-refractivity contribution < 1.29 is 4.79 Å². The molecule has 0 atom stereocenters. The predicted molar refractivity (Wildman–Crippen MR) is 85.4 cm³/mol. The molecule has 4 rings (SSSR count). The summed E-state index contributed by atoms with van der Waals surface area (Å²) in [6, 6.07) is 1.82. The fraction of sp³-hybridized carbons (Fsp3) is 0.267. The van der Waals surface area contributed by atoms with Gasteiger partial charge in [0.05, 0.1) is 5.02 Å². The van der Waals surface area contributed by atoms with Crippen LogP contribution in [0.1, 0.15) is 18.4 Å². The predicted octanol–water partition coefficient (Wildman–Crippen LogP) is 2.04. The Bertz CT molecular complexity index is 818. The third-order valence-electron chi connectivity index (χ3n) is 3.77. The van der Waals surface area contributed by atoms with Crippen LogP contribution in [0.3, 0.4) is 0 Å². The van der Waals surface area contributed by atoms with Crippen molar-refractivity contribution in [1.82, 2.24) is 20.6 Å². The number of aromatic nitrogens is 2. The van der Waals surface area contributed by atoms with Gasteiger partial charge in [-0.1, -0.05) is 11.6 Å². The Hall–Kier alpha value is -2.34. The van der Waals surface area contributed by atoms with Crippen molar-refractivity contribution in [2.24, 2.45) is 10.9 Å². The summed E-state index contributed by atoms with van der Waals surface area (Å²) in [5, 5.41) is 7.32. The standard InChI is InChI=1S/C15H14ClN5O/c16-10-4-11-9(6-17-13(11)18-7-10)3-12-14(22)21-15(20-12)19-5-8-1-2-8/h3-4,6-8H,1-2,5H2,(H,17,18)(H2,19,20,21,22). The Morgan fingerprint density at radius 1 is 1.45 bits per heavy atom. The smallest absolute Gasteiger partial charge is 0.276 e. The second kappa shape index (κ2) is 5.14. The average Bonchev–Trinajstić information content (AvgIpc) is 3.16. The first-order valence-electron chi connectivity index (χ1n) is 7.17. The molecule has 2 aromatic heterocycles. The topological polar surface area (TPSA) is 82.2 Å². The summed E-state index contributed by atoms with van der Waals surface area (Å²) >= 11 is 5.98.